The largest absolute Gasteiger partial charge is 0.455 e. The first-order chi connectivity index (χ1) is 16.0. The monoisotopic (exact) mass is 465 g/mol. The second kappa shape index (κ2) is 9.67. The number of ether oxygens (including phenoxy) is 3. The lowest BCUT2D eigenvalue weighted by Gasteiger charge is -2.14. The highest BCUT2D eigenvalue weighted by atomic mass is 32.2. The third-order valence-corrected chi connectivity index (χ3v) is 6.12. The predicted octanol–water partition coefficient (Wildman–Crippen LogP) is 3.25. The Labute approximate surface area is 194 Å². The first-order valence-electron chi connectivity index (χ1n) is 9.88. The fourth-order valence-corrected chi connectivity index (χ4v) is 4.33. The number of fused-ring (bicyclic) bond motifs is 2. The Bertz CT molecular complexity index is 1220. The Morgan fingerprint density at radius 1 is 1.18 bits per heavy atom. The van der Waals surface area contributed by atoms with Gasteiger partial charge in [0.1, 0.15) is 16.7 Å². The van der Waals surface area contributed by atoms with Gasteiger partial charge in [0.2, 0.25) is 19.2 Å². The van der Waals surface area contributed by atoms with Crippen LogP contribution in [0.2, 0.25) is 0 Å². The van der Waals surface area contributed by atoms with Crippen LogP contribution in [0.4, 0.5) is 5.69 Å². The molecule has 0 saturated carbocycles. The van der Waals surface area contributed by atoms with E-state index in [0.29, 0.717) is 22.2 Å². The Hall–Kier alpha value is -3.97. The van der Waals surface area contributed by atoms with Gasteiger partial charge in [-0.2, -0.15) is 5.26 Å². The van der Waals surface area contributed by atoms with Crippen molar-refractivity contribution in [1.82, 2.24) is 0 Å². The lowest BCUT2D eigenvalue weighted by atomic mass is 10.1. The Kier molecular flexibility index (Phi) is 6.51. The van der Waals surface area contributed by atoms with Crippen molar-refractivity contribution in [3.8, 4) is 17.6 Å². The molecular weight excluding hydrogens is 446 g/mol. The van der Waals surface area contributed by atoms with E-state index in [9.17, 15) is 14.9 Å². The summed E-state index contributed by atoms with van der Waals surface area (Å²) in [5.41, 5.74) is 2.10. The minimum Gasteiger partial charge on any atom is -0.455 e. The molecule has 0 radical (unpaired) electrons. The number of benzene rings is 2. The second-order valence-corrected chi connectivity index (χ2v) is 8.05. The van der Waals surface area contributed by atoms with E-state index < -0.39 is 25.0 Å². The Morgan fingerprint density at radius 3 is 2.76 bits per heavy atom. The number of carbonyl (C=O) groups is 2. The standard InChI is InChI=1S/C23H19N3O6S/c1-14(15-7-8-19-20(9-15)31-13-30-19)25-32-12-22(28)29-11-18(27)16(10-24)23-26(2)17-5-3-4-6-21(17)33-23/h3-9H,11-13H2,1-2H3/b23-16+,25-14-. The number of rotatable bonds is 7. The minimum absolute atomic E-state index is 0.0657. The number of anilines is 1. The fraction of sp³-hybridized carbons (Fsp3) is 0.217. The summed E-state index contributed by atoms with van der Waals surface area (Å²) in [6, 6.07) is 14.8. The lowest BCUT2D eigenvalue weighted by Crippen LogP contribution is -2.21. The van der Waals surface area contributed by atoms with Crippen molar-refractivity contribution in [2.24, 2.45) is 5.16 Å². The number of carbonyl (C=O) groups excluding carboxylic acids is 2. The van der Waals surface area contributed by atoms with E-state index in [1.54, 1.807) is 37.1 Å². The number of hydrogen-bond acceptors (Lipinski definition) is 10. The van der Waals surface area contributed by atoms with Crippen molar-refractivity contribution in [2.75, 3.05) is 32.0 Å². The molecule has 10 heteroatoms. The van der Waals surface area contributed by atoms with Gasteiger partial charge in [0.25, 0.3) is 0 Å². The van der Waals surface area contributed by atoms with Gasteiger partial charge in [-0.3, -0.25) is 4.79 Å². The number of hydrogen-bond donors (Lipinski definition) is 0. The molecule has 2 aromatic rings. The summed E-state index contributed by atoms with van der Waals surface area (Å²) in [5.74, 6) is -0.105. The van der Waals surface area contributed by atoms with Crippen molar-refractivity contribution in [3.05, 3.63) is 58.6 Å². The molecule has 0 unspecified atom stereocenters. The van der Waals surface area contributed by atoms with Crippen LogP contribution in [0.3, 0.4) is 0 Å². The topological polar surface area (TPSA) is 110 Å². The zero-order valence-electron chi connectivity index (χ0n) is 17.9. The molecule has 2 aliphatic heterocycles. The van der Waals surface area contributed by atoms with Crippen LogP contribution in [0.25, 0.3) is 0 Å². The molecule has 0 N–H and O–H groups in total. The number of Topliss-reactive ketones (excluding diaryl/α,β-unsaturated/α-hetero) is 1. The molecule has 0 bridgehead atoms. The van der Waals surface area contributed by atoms with Gasteiger partial charge in [0.15, 0.2) is 18.1 Å². The smallest absolute Gasteiger partial charge is 0.347 e. The first kappa shape index (κ1) is 22.2. The number of esters is 1. The van der Waals surface area contributed by atoms with Gasteiger partial charge in [0, 0.05) is 17.5 Å². The molecule has 0 amide bonds. The molecule has 0 saturated heterocycles. The summed E-state index contributed by atoms with van der Waals surface area (Å²) >= 11 is 1.32. The average molecular weight is 465 g/mol. The summed E-state index contributed by atoms with van der Waals surface area (Å²) in [6.07, 6.45) is 0. The van der Waals surface area contributed by atoms with Gasteiger partial charge in [-0.05, 0) is 37.3 Å². The van der Waals surface area contributed by atoms with Crippen molar-refractivity contribution < 1.29 is 28.6 Å². The molecule has 2 aliphatic rings. The quantitative estimate of drug-likeness (QED) is 0.200. The van der Waals surface area contributed by atoms with Crippen LogP contribution in [0.1, 0.15) is 12.5 Å². The van der Waals surface area contributed by atoms with E-state index in [1.807, 2.05) is 30.3 Å². The summed E-state index contributed by atoms with van der Waals surface area (Å²) in [6.45, 7) is 0.839. The van der Waals surface area contributed by atoms with Gasteiger partial charge in [-0.25, -0.2) is 4.79 Å². The maximum atomic E-state index is 12.5. The van der Waals surface area contributed by atoms with Crippen LogP contribution >= 0.6 is 11.8 Å². The fourth-order valence-electron chi connectivity index (χ4n) is 3.17. The molecule has 0 spiro atoms. The van der Waals surface area contributed by atoms with Gasteiger partial charge in [-0.15, -0.1) is 0 Å². The van der Waals surface area contributed by atoms with Crippen molar-refractivity contribution in [2.45, 2.75) is 11.8 Å². The van der Waals surface area contributed by atoms with E-state index in [0.717, 1.165) is 16.1 Å². The number of para-hydroxylation sites is 1. The van der Waals surface area contributed by atoms with Crippen LogP contribution < -0.4 is 14.4 Å². The third kappa shape index (κ3) is 4.78. The van der Waals surface area contributed by atoms with Crippen LogP contribution in [-0.2, 0) is 19.2 Å². The number of oxime groups is 1. The Morgan fingerprint density at radius 2 is 1.97 bits per heavy atom. The van der Waals surface area contributed by atoms with Gasteiger partial charge >= 0.3 is 5.97 Å². The number of thioether (sulfide) groups is 1. The molecule has 0 fully saturated rings. The molecule has 0 aliphatic carbocycles. The average Bonchev–Trinajstić information content (AvgIpc) is 3.42. The van der Waals surface area contributed by atoms with Gasteiger partial charge < -0.3 is 23.9 Å². The number of nitriles is 1. The molecule has 9 nitrogen and oxygen atoms in total. The van der Waals surface area contributed by atoms with Crippen molar-refractivity contribution >= 4 is 34.9 Å². The number of nitrogens with zero attached hydrogens (tertiary/aromatic N) is 3. The molecular formula is C23H19N3O6S. The zero-order valence-corrected chi connectivity index (χ0v) is 18.7. The van der Waals surface area contributed by atoms with Crippen LogP contribution in [0.15, 0.2) is 63.1 Å². The highest BCUT2D eigenvalue weighted by Crippen LogP contribution is 2.46. The Balaban J connectivity index is 1.30. The van der Waals surface area contributed by atoms with E-state index >= 15 is 0 Å². The normalized spacial score (nSPS) is 15.5. The first-order valence-corrected chi connectivity index (χ1v) is 10.7. The lowest BCUT2D eigenvalue weighted by molar-refractivity contribution is -0.151. The molecule has 33 heavy (non-hydrogen) atoms. The second-order valence-electron chi connectivity index (χ2n) is 7.02. The molecule has 4 rings (SSSR count). The SMILES string of the molecule is C/C(=N/OCC(=O)OCC(=O)/C(C#N)=C1/Sc2ccccc2N1C)c1ccc2c(c1)OCO2. The van der Waals surface area contributed by atoms with Crippen molar-refractivity contribution in [3.63, 3.8) is 0 Å². The molecule has 2 aromatic carbocycles. The minimum atomic E-state index is -0.774. The third-order valence-electron chi connectivity index (χ3n) is 4.88. The highest BCUT2D eigenvalue weighted by Gasteiger charge is 2.28. The van der Waals surface area contributed by atoms with Gasteiger partial charge in [-0.1, -0.05) is 29.1 Å². The van der Waals surface area contributed by atoms with E-state index in [4.69, 9.17) is 19.0 Å². The summed E-state index contributed by atoms with van der Waals surface area (Å²) < 4.78 is 15.6. The summed E-state index contributed by atoms with van der Waals surface area (Å²) in [5, 5.41) is 13.9. The van der Waals surface area contributed by atoms with Gasteiger partial charge in [0.05, 0.1) is 11.4 Å². The van der Waals surface area contributed by atoms with Crippen LogP contribution in [0, 0.1) is 11.3 Å². The maximum absolute atomic E-state index is 12.5. The van der Waals surface area contributed by atoms with Crippen LogP contribution in [0.5, 0.6) is 11.5 Å². The highest BCUT2D eigenvalue weighted by molar-refractivity contribution is 8.03. The number of ketones is 1. The van der Waals surface area contributed by atoms with Crippen molar-refractivity contribution in [1.29, 1.82) is 5.26 Å². The molecule has 0 aromatic heterocycles. The zero-order chi connectivity index (χ0) is 23.4. The molecule has 168 valence electrons. The molecule has 2 heterocycles. The summed E-state index contributed by atoms with van der Waals surface area (Å²) in [7, 11) is 1.78. The molecule has 0 atom stereocenters. The maximum Gasteiger partial charge on any atom is 0.347 e. The summed E-state index contributed by atoms with van der Waals surface area (Å²) in [4.78, 5) is 32.3. The van der Waals surface area contributed by atoms with Crippen LogP contribution in [-0.4, -0.2) is 44.5 Å². The van der Waals surface area contributed by atoms with E-state index in [-0.39, 0.29) is 12.4 Å². The predicted molar refractivity (Wildman–Crippen MR) is 120 cm³/mol. The van der Waals surface area contributed by atoms with E-state index in [1.165, 1.54) is 11.8 Å². The van der Waals surface area contributed by atoms with E-state index in [2.05, 4.69) is 5.16 Å².